The average Bonchev–Trinajstić information content (AvgIpc) is 2.74. The minimum absolute atomic E-state index is 0.899. The Hall–Kier alpha value is -1.74. The molecule has 0 spiro atoms. The van der Waals surface area contributed by atoms with Gasteiger partial charge in [-0.05, 0) is 12.1 Å². The number of nitrogens with zero attached hydrogens (tertiary/aromatic N) is 2. The fourth-order valence-corrected chi connectivity index (χ4v) is 2.88. The largest absolute Gasteiger partial charge is 0.241 e. The Balaban J connectivity index is 1.98. The Labute approximate surface area is 104 Å². The molecule has 84 valence electrons. The Kier molecular flexibility index (Phi) is 2.61. The van der Waals surface area contributed by atoms with Crippen molar-refractivity contribution in [2.45, 2.75) is 6.42 Å². The molecule has 0 atom stereocenters. The molecular weight excluding hydrogens is 228 g/mol. The van der Waals surface area contributed by atoms with Crippen LogP contribution < -0.4 is 4.57 Å². The van der Waals surface area contributed by atoms with Gasteiger partial charge < -0.3 is 0 Å². The molecule has 2 aromatic heterocycles. The first-order chi connectivity index (χ1) is 8.33. The number of para-hydroxylation sites is 1. The molecule has 3 rings (SSSR count). The van der Waals surface area contributed by atoms with E-state index < -0.39 is 0 Å². The highest BCUT2D eigenvalue weighted by Gasteiger charge is 2.10. The van der Waals surface area contributed by atoms with Gasteiger partial charge in [0.2, 0.25) is 0 Å². The highest BCUT2D eigenvalue weighted by molar-refractivity contribution is 7.18. The van der Waals surface area contributed by atoms with Crippen LogP contribution in [0.4, 0.5) is 0 Å². The van der Waals surface area contributed by atoms with E-state index in [0.717, 1.165) is 11.9 Å². The Morgan fingerprint density at radius 1 is 1.12 bits per heavy atom. The number of aromatic nitrogens is 2. The van der Waals surface area contributed by atoms with E-state index in [0.29, 0.717) is 0 Å². The van der Waals surface area contributed by atoms with Gasteiger partial charge in [0.25, 0.3) is 0 Å². The van der Waals surface area contributed by atoms with Gasteiger partial charge in [-0.15, -0.1) is 11.3 Å². The predicted octanol–water partition coefficient (Wildman–Crippen LogP) is 2.71. The Bertz CT molecular complexity index is 625. The minimum atomic E-state index is 0.899. The first-order valence-electron chi connectivity index (χ1n) is 5.61. The van der Waals surface area contributed by atoms with Crippen LogP contribution in [0.15, 0.2) is 48.7 Å². The number of pyridine rings is 1. The lowest BCUT2D eigenvalue weighted by atomic mass is 10.2. The molecule has 0 aliphatic heterocycles. The van der Waals surface area contributed by atoms with Gasteiger partial charge in [0.15, 0.2) is 11.9 Å². The molecule has 0 radical (unpaired) electrons. The van der Waals surface area contributed by atoms with E-state index in [2.05, 4.69) is 53.1 Å². The zero-order valence-corrected chi connectivity index (χ0v) is 10.4. The van der Waals surface area contributed by atoms with Crippen LogP contribution in [0.1, 0.15) is 10.7 Å². The predicted molar refractivity (Wildman–Crippen MR) is 70.0 cm³/mol. The summed E-state index contributed by atoms with van der Waals surface area (Å²) < 4.78 is 3.41. The van der Waals surface area contributed by atoms with Gasteiger partial charge in [0.1, 0.15) is 12.1 Å². The molecule has 0 bridgehead atoms. The number of aryl methyl sites for hydroxylation is 1. The molecule has 1 aromatic carbocycles. The van der Waals surface area contributed by atoms with Crippen LogP contribution in [0, 0.1) is 0 Å². The first kappa shape index (κ1) is 10.4. The normalized spacial score (nSPS) is 10.9. The molecule has 0 fully saturated rings. The highest BCUT2D eigenvalue weighted by Crippen LogP contribution is 2.22. The second kappa shape index (κ2) is 4.26. The lowest BCUT2D eigenvalue weighted by molar-refractivity contribution is -0.678. The van der Waals surface area contributed by atoms with Crippen molar-refractivity contribution in [2.24, 2.45) is 7.05 Å². The van der Waals surface area contributed by atoms with Crippen molar-refractivity contribution in [1.82, 2.24) is 4.98 Å². The summed E-state index contributed by atoms with van der Waals surface area (Å²) in [4.78, 5) is 4.65. The quantitative estimate of drug-likeness (QED) is 0.630. The molecule has 0 amide bonds. The van der Waals surface area contributed by atoms with Gasteiger partial charge in [-0.25, -0.2) is 9.55 Å². The summed E-state index contributed by atoms with van der Waals surface area (Å²) in [5.41, 5.74) is 2.39. The van der Waals surface area contributed by atoms with E-state index in [1.54, 1.807) is 11.3 Å². The summed E-state index contributed by atoms with van der Waals surface area (Å²) in [7, 11) is 2.07. The Morgan fingerprint density at radius 2 is 1.94 bits per heavy atom. The third-order valence-electron chi connectivity index (χ3n) is 2.83. The van der Waals surface area contributed by atoms with Gasteiger partial charge in [0, 0.05) is 12.1 Å². The van der Waals surface area contributed by atoms with Crippen molar-refractivity contribution < 1.29 is 4.57 Å². The molecule has 0 aliphatic carbocycles. The molecule has 0 saturated heterocycles. The minimum Gasteiger partial charge on any atom is -0.241 e. The average molecular weight is 241 g/mol. The molecule has 0 N–H and O–H groups in total. The van der Waals surface area contributed by atoms with Crippen LogP contribution in [0.3, 0.4) is 0 Å². The number of fused-ring (bicyclic) bond motifs is 1. The number of thiazole rings is 1. The summed E-state index contributed by atoms with van der Waals surface area (Å²) in [6.45, 7) is 0. The maximum absolute atomic E-state index is 4.65. The van der Waals surface area contributed by atoms with Crippen LogP contribution >= 0.6 is 11.3 Å². The monoisotopic (exact) mass is 241 g/mol. The van der Waals surface area contributed by atoms with Crippen LogP contribution in [-0.2, 0) is 13.5 Å². The second-order valence-corrected chi connectivity index (χ2v) is 5.17. The fraction of sp³-hybridized carbons (Fsp3) is 0.143. The van der Waals surface area contributed by atoms with E-state index >= 15 is 0 Å². The summed E-state index contributed by atoms with van der Waals surface area (Å²) >= 11 is 1.78. The van der Waals surface area contributed by atoms with Gasteiger partial charge in [-0.2, -0.15) is 0 Å². The molecule has 2 nitrogen and oxygen atoms in total. The van der Waals surface area contributed by atoms with E-state index in [4.69, 9.17) is 0 Å². The first-order valence-corrected chi connectivity index (χ1v) is 6.42. The van der Waals surface area contributed by atoms with Crippen LogP contribution in [0.2, 0.25) is 0 Å². The molecule has 3 heteroatoms. The van der Waals surface area contributed by atoms with Crippen molar-refractivity contribution in [3.05, 3.63) is 59.4 Å². The van der Waals surface area contributed by atoms with Gasteiger partial charge in [-0.1, -0.05) is 18.2 Å². The van der Waals surface area contributed by atoms with E-state index in [1.807, 2.05) is 12.1 Å². The third kappa shape index (κ3) is 2.06. The lowest BCUT2D eigenvalue weighted by Gasteiger charge is -1.95. The molecule has 2 heterocycles. The maximum atomic E-state index is 4.65. The van der Waals surface area contributed by atoms with Crippen LogP contribution in [0.25, 0.3) is 10.2 Å². The molecule has 0 saturated carbocycles. The molecule has 3 aromatic rings. The lowest BCUT2D eigenvalue weighted by Crippen LogP contribution is -2.32. The number of hydrogen-bond acceptors (Lipinski definition) is 2. The SMILES string of the molecule is C[n+]1ccccc1Cc1nc2ccccc2s1. The number of rotatable bonds is 2. The van der Waals surface area contributed by atoms with Crippen molar-refractivity contribution in [3.63, 3.8) is 0 Å². The molecule has 17 heavy (non-hydrogen) atoms. The number of benzene rings is 1. The van der Waals surface area contributed by atoms with Crippen molar-refractivity contribution >= 4 is 21.6 Å². The fourth-order valence-electron chi connectivity index (χ4n) is 1.89. The van der Waals surface area contributed by atoms with Crippen molar-refractivity contribution in [3.8, 4) is 0 Å². The molecular formula is C14H13N2S+. The smallest absolute Gasteiger partial charge is 0.187 e. The van der Waals surface area contributed by atoms with E-state index in [-0.39, 0.29) is 0 Å². The van der Waals surface area contributed by atoms with E-state index in [9.17, 15) is 0 Å². The van der Waals surface area contributed by atoms with Crippen molar-refractivity contribution in [1.29, 1.82) is 0 Å². The van der Waals surface area contributed by atoms with Gasteiger partial charge >= 0.3 is 0 Å². The highest BCUT2D eigenvalue weighted by atomic mass is 32.1. The zero-order chi connectivity index (χ0) is 11.7. The van der Waals surface area contributed by atoms with Crippen LogP contribution in [-0.4, -0.2) is 4.98 Å². The molecule has 0 aliphatic rings. The van der Waals surface area contributed by atoms with Gasteiger partial charge in [-0.3, -0.25) is 0 Å². The molecule has 0 unspecified atom stereocenters. The zero-order valence-electron chi connectivity index (χ0n) is 9.63. The third-order valence-corrected chi connectivity index (χ3v) is 3.87. The summed E-state index contributed by atoms with van der Waals surface area (Å²) in [5.74, 6) is 0. The number of hydrogen-bond donors (Lipinski definition) is 0. The van der Waals surface area contributed by atoms with Crippen LogP contribution in [0.5, 0.6) is 0 Å². The topological polar surface area (TPSA) is 16.8 Å². The maximum Gasteiger partial charge on any atom is 0.187 e. The van der Waals surface area contributed by atoms with E-state index in [1.165, 1.54) is 15.4 Å². The van der Waals surface area contributed by atoms with Crippen molar-refractivity contribution in [2.75, 3.05) is 0 Å². The standard InChI is InChI=1S/C14H13N2S/c1-16-9-5-4-6-11(16)10-14-15-12-7-2-3-8-13(12)17-14/h2-9H,10H2,1H3/q+1. The summed E-state index contributed by atoms with van der Waals surface area (Å²) in [6, 6.07) is 14.6. The Morgan fingerprint density at radius 3 is 2.76 bits per heavy atom. The summed E-state index contributed by atoms with van der Waals surface area (Å²) in [5, 5.41) is 1.17. The van der Waals surface area contributed by atoms with Gasteiger partial charge in [0.05, 0.1) is 16.6 Å². The second-order valence-electron chi connectivity index (χ2n) is 4.05. The summed E-state index contributed by atoms with van der Waals surface area (Å²) in [6.07, 6.45) is 2.97.